The van der Waals surface area contributed by atoms with E-state index in [0.717, 1.165) is 6.07 Å². The minimum absolute atomic E-state index is 0.147. The van der Waals surface area contributed by atoms with Crippen LogP contribution >= 0.6 is 15.9 Å². The van der Waals surface area contributed by atoms with Gasteiger partial charge in [-0.25, -0.2) is 0 Å². The Morgan fingerprint density at radius 3 is 2.76 bits per heavy atom. The maximum absolute atomic E-state index is 12.7. The van der Waals surface area contributed by atoms with Crippen molar-refractivity contribution in [3.8, 4) is 0 Å². The Kier molecular flexibility index (Phi) is 4.67. The maximum atomic E-state index is 12.7. The van der Waals surface area contributed by atoms with Crippen molar-refractivity contribution < 1.29 is 18.1 Å². The van der Waals surface area contributed by atoms with Crippen LogP contribution in [0, 0.1) is 10.1 Å². The van der Waals surface area contributed by atoms with E-state index in [9.17, 15) is 23.3 Å². The van der Waals surface area contributed by atoms with E-state index < -0.39 is 16.8 Å². The molecule has 0 aromatic carbocycles. The van der Waals surface area contributed by atoms with Gasteiger partial charge < -0.3 is 4.90 Å². The molecule has 1 saturated heterocycles. The molecule has 0 spiro atoms. The first-order valence-corrected chi connectivity index (χ1v) is 8.22. The van der Waals surface area contributed by atoms with Crippen LogP contribution in [0.4, 0.5) is 24.5 Å². The van der Waals surface area contributed by atoms with Crippen LogP contribution in [0.15, 0.2) is 29.1 Å². The lowest BCUT2D eigenvalue weighted by molar-refractivity contribution is -0.384. The predicted molar refractivity (Wildman–Crippen MR) is 86.3 cm³/mol. The van der Waals surface area contributed by atoms with Gasteiger partial charge in [0.15, 0.2) is 5.69 Å². The van der Waals surface area contributed by atoms with E-state index in [0.29, 0.717) is 36.1 Å². The highest BCUT2D eigenvalue weighted by Gasteiger charge is 2.35. The van der Waals surface area contributed by atoms with Gasteiger partial charge in [-0.05, 0) is 34.8 Å². The largest absolute Gasteiger partial charge is 0.435 e. The van der Waals surface area contributed by atoms with E-state index in [1.54, 1.807) is 4.90 Å². The number of hydrogen-bond acceptors (Lipinski definition) is 5. The first-order chi connectivity index (χ1) is 11.8. The lowest BCUT2D eigenvalue weighted by atomic mass is 10.1. The van der Waals surface area contributed by atoms with Gasteiger partial charge in [-0.15, -0.1) is 0 Å². The molecule has 3 heterocycles. The van der Waals surface area contributed by atoms with Crippen LogP contribution in [0.25, 0.3) is 0 Å². The molecule has 1 unspecified atom stereocenters. The summed E-state index contributed by atoms with van der Waals surface area (Å²) in [6.07, 6.45) is 0.754. The molecule has 1 aliphatic heterocycles. The van der Waals surface area contributed by atoms with Gasteiger partial charge in [0.2, 0.25) is 0 Å². The highest BCUT2D eigenvalue weighted by Crippen LogP contribution is 2.38. The molecule has 7 nitrogen and oxygen atoms in total. The normalized spacial score (nSPS) is 18.4. The summed E-state index contributed by atoms with van der Waals surface area (Å²) in [5, 5.41) is 14.9. The Labute approximate surface area is 148 Å². The van der Waals surface area contributed by atoms with Crippen molar-refractivity contribution >= 4 is 27.3 Å². The molecule has 3 rings (SSSR count). The summed E-state index contributed by atoms with van der Waals surface area (Å²) in [4.78, 5) is 16.3. The van der Waals surface area contributed by atoms with E-state index in [-0.39, 0.29) is 11.7 Å². The van der Waals surface area contributed by atoms with Gasteiger partial charge in [0.25, 0.3) is 0 Å². The number of anilines is 1. The summed E-state index contributed by atoms with van der Waals surface area (Å²) in [5.74, 6) is 0. The van der Waals surface area contributed by atoms with Crippen molar-refractivity contribution in [3.63, 3.8) is 0 Å². The van der Waals surface area contributed by atoms with E-state index in [4.69, 9.17) is 0 Å². The van der Waals surface area contributed by atoms with Gasteiger partial charge >= 0.3 is 11.9 Å². The molecule has 1 atom stereocenters. The molecular formula is C14H13BrF3N5O2. The van der Waals surface area contributed by atoms with Gasteiger partial charge in [-0.3, -0.25) is 19.8 Å². The molecule has 1 fully saturated rings. The molecule has 2 aromatic rings. The van der Waals surface area contributed by atoms with E-state index >= 15 is 0 Å². The molecule has 0 radical (unpaired) electrons. The standard InChI is InChI=1S/C14H13BrF3N5O2/c15-10-6-19-7-11(23(24)25)13(10)21-4-1-2-9(8-21)22-5-3-12(20-22)14(16,17)18/h3,5-7,9H,1-2,4,8H2. The zero-order chi connectivity index (χ0) is 18.2. The lowest BCUT2D eigenvalue weighted by Crippen LogP contribution is -2.37. The quantitative estimate of drug-likeness (QED) is 0.558. The highest BCUT2D eigenvalue weighted by molar-refractivity contribution is 9.10. The Hall–Kier alpha value is -2.17. The monoisotopic (exact) mass is 419 g/mol. The third-order valence-corrected chi connectivity index (χ3v) is 4.62. The third kappa shape index (κ3) is 3.60. The van der Waals surface area contributed by atoms with Gasteiger partial charge in [-0.1, -0.05) is 0 Å². The molecule has 0 saturated carbocycles. The molecule has 0 amide bonds. The Morgan fingerprint density at radius 1 is 1.36 bits per heavy atom. The van der Waals surface area contributed by atoms with Crippen LogP contribution in [-0.2, 0) is 6.18 Å². The smallest absolute Gasteiger partial charge is 0.363 e. The first-order valence-electron chi connectivity index (χ1n) is 7.42. The average molecular weight is 420 g/mol. The maximum Gasteiger partial charge on any atom is 0.435 e. The fourth-order valence-electron chi connectivity index (χ4n) is 2.93. The first kappa shape index (κ1) is 17.6. The lowest BCUT2D eigenvalue weighted by Gasteiger charge is -2.34. The number of piperidine rings is 1. The Bertz CT molecular complexity index is 795. The van der Waals surface area contributed by atoms with Crippen molar-refractivity contribution in [2.24, 2.45) is 0 Å². The number of aromatic nitrogens is 3. The van der Waals surface area contributed by atoms with Crippen LogP contribution in [0.3, 0.4) is 0 Å². The fraction of sp³-hybridized carbons (Fsp3) is 0.429. The SMILES string of the molecule is O=[N+]([O-])c1cncc(Br)c1N1CCCC(n2ccc(C(F)(F)F)n2)C1. The predicted octanol–water partition coefficient (Wildman–Crippen LogP) is 3.81. The Morgan fingerprint density at radius 2 is 2.12 bits per heavy atom. The molecule has 134 valence electrons. The molecule has 1 aliphatic rings. The molecule has 0 bridgehead atoms. The molecule has 0 aliphatic carbocycles. The Balaban J connectivity index is 1.87. The molecular weight excluding hydrogens is 407 g/mol. The fourth-order valence-corrected chi connectivity index (χ4v) is 3.50. The van der Waals surface area contributed by atoms with Gasteiger partial charge in [0, 0.05) is 25.5 Å². The summed E-state index contributed by atoms with van der Waals surface area (Å²) < 4.78 is 39.9. The van der Waals surface area contributed by atoms with Crippen molar-refractivity contribution in [2.45, 2.75) is 25.1 Å². The molecule has 2 aromatic heterocycles. The summed E-state index contributed by atoms with van der Waals surface area (Å²) in [5.41, 5.74) is -0.708. The topological polar surface area (TPSA) is 77.1 Å². The zero-order valence-electron chi connectivity index (χ0n) is 12.8. The van der Waals surface area contributed by atoms with Crippen LogP contribution in [0.1, 0.15) is 24.6 Å². The second-order valence-electron chi connectivity index (χ2n) is 5.67. The number of rotatable bonds is 3. The summed E-state index contributed by atoms with van der Waals surface area (Å²) in [7, 11) is 0. The zero-order valence-corrected chi connectivity index (χ0v) is 14.4. The number of halogens is 4. The van der Waals surface area contributed by atoms with Crippen LogP contribution in [-0.4, -0.2) is 32.8 Å². The van der Waals surface area contributed by atoms with E-state index in [1.807, 2.05) is 0 Å². The highest BCUT2D eigenvalue weighted by atomic mass is 79.9. The minimum Gasteiger partial charge on any atom is -0.363 e. The summed E-state index contributed by atoms with van der Waals surface area (Å²) in [6, 6.07) is 0.633. The van der Waals surface area contributed by atoms with Gasteiger partial charge in [-0.2, -0.15) is 18.3 Å². The number of pyridine rings is 1. The van der Waals surface area contributed by atoms with Gasteiger partial charge in [0.1, 0.15) is 11.9 Å². The van der Waals surface area contributed by atoms with Crippen molar-refractivity contribution in [1.82, 2.24) is 14.8 Å². The summed E-state index contributed by atoms with van der Waals surface area (Å²) in [6.45, 7) is 0.885. The van der Waals surface area contributed by atoms with Crippen molar-refractivity contribution in [1.29, 1.82) is 0 Å². The van der Waals surface area contributed by atoms with Crippen LogP contribution in [0.5, 0.6) is 0 Å². The molecule has 25 heavy (non-hydrogen) atoms. The van der Waals surface area contributed by atoms with E-state index in [2.05, 4.69) is 26.0 Å². The second kappa shape index (κ2) is 6.62. The average Bonchev–Trinajstić information content (AvgIpc) is 3.05. The minimum atomic E-state index is -4.49. The number of nitrogens with zero attached hydrogens (tertiary/aromatic N) is 5. The summed E-state index contributed by atoms with van der Waals surface area (Å²) >= 11 is 3.28. The second-order valence-corrected chi connectivity index (χ2v) is 6.52. The van der Waals surface area contributed by atoms with Crippen molar-refractivity contribution in [2.75, 3.05) is 18.0 Å². The van der Waals surface area contributed by atoms with Crippen LogP contribution < -0.4 is 4.90 Å². The third-order valence-electron chi connectivity index (χ3n) is 4.04. The van der Waals surface area contributed by atoms with Crippen molar-refractivity contribution in [3.05, 3.63) is 44.9 Å². The van der Waals surface area contributed by atoms with Crippen LogP contribution in [0.2, 0.25) is 0 Å². The number of hydrogen-bond donors (Lipinski definition) is 0. The van der Waals surface area contributed by atoms with Gasteiger partial charge in [0.05, 0.1) is 15.4 Å². The number of alkyl halides is 3. The molecule has 11 heteroatoms. The molecule has 0 N–H and O–H groups in total. The van der Waals surface area contributed by atoms with E-state index in [1.165, 1.54) is 23.3 Å². The number of nitro groups is 1.